The number of nitrogens with zero attached hydrogens (tertiary/aromatic N) is 1. The molecule has 0 amide bonds. The molecule has 4 heteroatoms. The molecule has 2 aromatic rings. The molecule has 224 valence electrons. The van der Waals surface area contributed by atoms with Crippen LogP contribution in [0.25, 0.3) is 11.1 Å². The van der Waals surface area contributed by atoms with Gasteiger partial charge in [-0.15, -0.1) is 0 Å². The Hall–Kier alpha value is -2.46. The van der Waals surface area contributed by atoms with E-state index >= 15 is 0 Å². The molecule has 1 saturated carbocycles. The Labute approximate surface area is 249 Å². The van der Waals surface area contributed by atoms with Crippen LogP contribution in [0.4, 0.5) is 0 Å². The summed E-state index contributed by atoms with van der Waals surface area (Å²) in [6, 6.07) is 8.77. The van der Waals surface area contributed by atoms with Crippen LogP contribution in [-0.2, 0) is 0 Å². The molecule has 4 nitrogen and oxygen atoms in total. The average Bonchev–Trinajstić information content (AvgIpc) is 3.41. The summed E-state index contributed by atoms with van der Waals surface area (Å²) in [6.07, 6.45) is 20.2. The monoisotopic (exact) mass is 559 g/mol. The summed E-state index contributed by atoms with van der Waals surface area (Å²) < 4.78 is 18.7. The minimum atomic E-state index is 0.248. The van der Waals surface area contributed by atoms with Crippen molar-refractivity contribution in [3.05, 3.63) is 59.1 Å². The first-order valence-electron chi connectivity index (χ1n) is 16.5. The smallest absolute Gasteiger partial charge is 0.161 e. The predicted octanol–water partition coefficient (Wildman–Crippen LogP) is 9.82. The van der Waals surface area contributed by atoms with Gasteiger partial charge in [0.25, 0.3) is 0 Å². The summed E-state index contributed by atoms with van der Waals surface area (Å²) in [5, 5.41) is 0. The number of allylic oxidation sites excluding steroid dienone is 4. The van der Waals surface area contributed by atoms with Crippen LogP contribution in [0.15, 0.2) is 40.8 Å². The van der Waals surface area contributed by atoms with Crippen molar-refractivity contribution < 1.29 is 13.9 Å². The Bertz CT molecular complexity index is 1190. The highest BCUT2D eigenvalue weighted by atomic mass is 16.5. The number of piperidine rings is 1. The molecule has 1 aliphatic heterocycles. The number of furan rings is 1. The maximum absolute atomic E-state index is 6.63. The number of ether oxygens (including phenoxy) is 2. The van der Waals surface area contributed by atoms with Crippen molar-refractivity contribution in [2.24, 2.45) is 11.8 Å². The summed E-state index contributed by atoms with van der Waals surface area (Å²) in [7, 11) is 3.98. The molecule has 5 rings (SSSR count). The number of aryl methyl sites for hydroxylation is 1. The molecule has 41 heavy (non-hydrogen) atoms. The van der Waals surface area contributed by atoms with Gasteiger partial charge in [0.15, 0.2) is 11.5 Å². The summed E-state index contributed by atoms with van der Waals surface area (Å²) >= 11 is 0. The second-order valence-corrected chi connectivity index (χ2v) is 13.2. The van der Waals surface area contributed by atoms with Crippen LogP contribution in [0.2, 0.25) is 0 Å². The van der Waals surface area contributed by atoms with E-state index in [1.54, 1.807) is 7.11 Å². The molecule has 1 aromatic heterocycles. The number of likely N-dealkylation sites (tertiary alicyclic amines) is 1. The lowest BCUT2D eigenvalue weighted by Crippen LogP contribution is -2.35. The van der Waals surface area contributed by atoms with E-state index in [9.17, 15) is 0 Å². The molecule has 2 heterocycles. The topological polar surface area (TPSA) is 34.8 Å². The molecule has 0 N–H and O–H groups in total. The van der Waals surface area contributed by atoms with Crippen molar-refractivity contribution in [3.63, 3.8) is 0 Å². The van der Waals surface area contributed by atoms with Crippen molar-refractivity contribution in [2.75, 3.05) is 27.2 Å². The highest BCUT2D eigenvalue weighted by molar-refractivity contribution is 5.85. The fourth-order valence-corrected chi connectivity index (χ4v) is 7.32. The Morgan fingerprint density at radius 1 is 0.951 bits per heavy atom. The largest absolute Gasteiger partial charge is 0.493 e. The van der Waals surface area contributed by atoms with Gasteiger partial charge in [0, 0.05) is 18.7 Å². The maximum atomic E-state index is 6.63. The highest BCUT2D eigenvalue weighted by Gasteiger charge is 2.25. The predicted molar refractivity (Wildman–Crippen MR) is 171 cm³/mol. The zero-order valence-corrected chi connectivity index (χ0v) is 26.3. The van der Waals surface area contributed by atoms with Gasteiger partial charge >= 0.3 is 0 Å². The van der Waals surface area contributed by atoms with Crippen LogP contribution in [0.3, 0.4) is 0 Å². The van der Waals surface area contributed by atoms with Crippen molar-refractivity contribution in [1.29, 1.82) is 0 Å². The standard InChI is InChI=1S/C37H53NO3/c1-6-8-28-13-15-29(16-14-28)9-7-10-30-23-31(35-18-12-27(3)40-35)17-11-26(2)33-24-37(36(39-5)25-34(30)33)41-32-19-21-38(4)22-20-32/h12,17-18,23-26,28-29,32H,6-11,13-16,19-22H2,1-5H3/b30-23-,31-17-. The molecule has 0 radical (unpaired) electrons. The molecule has 2 aliphatic carbocycles. The Balaban J connectivity index is 1.40. The molecule has 1 unspecified atom stereocenters. The van der Waals surface area contributed by atoms with E-state index in [1.807, 2.05) is 6.92 Å². The minimum Gasteiger partial charge on any atom is -0.493 e. The molecule has 3 aliphatic rings. The number of hydrogen-bond donors (Lipinski definition) is 0. The highest BCUT2D eigenvalue weighted by Crippen LogP contribution is 2.43. The van der Waals surface area contributed by atoms with Gasteiger partial charge in [-0.05, 0) is 111 Å². The third-order valence-corrected chi connectivity index (χ3v) is 9.94. The number of methoxy groups -OCH3 is 1. The lowest BCUT2D eigenvalue weighted by Gasteiger charge is -2.31. The zero-order valence-electron chi connectivity index (χ0n) is 26.3. The quantitative estimate of drug-likeness (QED) is 0.290. The fraction of sp³-hybridized carbons (Fsp3) is 0.622. The van der Waals surface area contributed by atoms with E-state index in [4.69, 9.17) is 13.9 Å². The van der Waals surface area contributed by atoms with Crippen molar-refractivity contribution in [1.82, 2.24) is 4.90 Å². The molecule has 1 saturated heterocycles. The molecular formula is C37H53NO3. The molecule has 2 fully saturated rings. The summed E-state index contributed by atoms with van der Waals surface area (Å²) in [5.41, 5.74) is 5.31. The summed E-state index contributed by atoms with van der Waals surface area (Å²) in [5.74, 6) is 5.93. The van der Waals surface area contributed by atoms with Gasteiger partial charge in [-0.25, -0.2) is 0 Å². The average molecular weight is 560 g/mol. The van der Waals surface area contributed by atoms with E-state index < -0.39 is 0 Å². The summed E-state index contributed by atoms with van der Waals surface area (Å²) in [4.78, 5) is 2.39. The SMILES string of the molecule is CCCC1CCC(CCC/C2=C/C(c3ccc(C)o3)=C/CC(C)c3cc(OC4CCN(C)CC4)c(OC)cc32)CC1. The van der Waals surface area contributed by atoms with Crippen LogP contribution in [0, 0.1) is 18.8 Å². The van der Waals surface area contributed by atoms with Gasteiger partial charge < -0.3 is 18.8 Å². The molecule has 0 spiro atoms. The zero-order chi connectivity index (χ0) is 28.8. The lowest BCUT2D eigenvalue weighted by atomic mass is 9.77. The van der Waals surface area contributed by atoms with E-state index in [2.05, 4.69) is 62.2 Å². The van der Waals surface area contributed by atoms with Crippen molar-refractivity contribution in [2.45, 2.75) is 110 Å². The van der Waals surface area contributed by atoms with Gasteiger partial charge in [-0.2, -0.15) is 0 Å². The first kappa shape index (κ1) is 30.0. The summed E-state index contributed by atoms with van der Waals surface area (Å²) in [6.45, 7) is 8.88. The molecule has 1 aromatic carbocycles. The van der Waals surface area contributed by atoms with Crippen LogP contribution in [0.1, 0.15) is 119 Å². The third kappa shape index (κ3) is 7.69. The third-order valence-electron chi connectivity index (χ3n) is 9.94. The van der Waals surface area contributed by atoms with Gasteiger partial charge in [0.05, 0.1) is 7.11 Å². The first-order valence-corrected chi connectivity index (χ1v) is 16.5. The number of rotatable bonds is 10. The second-order valence-electron chi connectivity index (χ2n) is 13.2. The van der Waals surface area contributed by atoms with Gasteiger partial charge in [0.2, 0.25) is 0 Å². The van der Waals surface area contributed by atoms with Crippen LogP contribution in [-0.4, -0.2) is 38.3 Å². The van der Waals surface area contributed by atoms with Crippen LogP contribution < -0.4 is 9.47 Å². The van der Waals surface area contributed by atoms with Crippen molar-refractivity contribution in [3.8, 4) is 11.5 Å². The van der Waals surface area contributed by atoms with E-state index in [-0.39, 0.29) is 6.10 Å². The minimum absolute atomic E-state index is 0.248. The van der Waals surface area contributed by atoms with E-state index in [0.717, 1.165) is 73.6 Å². The number of benzene rings is 1. The molecule has 0 bridgehead atoms. The van der Waals surface area contributed by atoms with Crippen molar-refractivity contribution >= 4 is 11.1 Å². The Morgan fingerprint density at radius 2 is 1.68 bits per heavy atom. The first-order chi connectivity index (χ1) is 19.9. The number of fused-ring (bicyclic) bond motifs is 1. The van der Waals surface area contributed by atoms with E-state index in [1.165, 1.54) is 73.6 Å². The molecule has 1 atom stereocenters. The van der Waals surface area contributed by atoms with Gasteiger partial charge in [-0.1, -0.05) is 64.9 Å². The number of hydrogen-bond acceptors (Lipinski definition) is 4. The lowest BCUT2D eigenvalue weighted by molar-refractivity contribution is 0.111. The van der Waals surface area contributed by atoms with Crippen LogP contribution in [0.5, 0.6) is 11.5 Å². The maximum Gasteiger partial charge on any atom is 0.161 e. The molecular weight excluding hydrogens is 506 g/mol. The van der Waals surface area contributed by atoms with Crippen LogP contribution >= 0.6 is 0 Å². The Kier molecular flexibility index (Phi) is 10.3. The van der Waals surface area contributed by atoms with Gasteiger partial charge in [-0.3, -0.25) is 0 Å². The Morgan fingerprint density at radius 3 is 2.34 bits per heavy atom. The van der Waals surface area contributed by atoms with E-state index in [0.29, 0.717) is 5.92 Å². The van der Waals surface area contributed by atoms with Gasteiger partial charge in [0.1, 0.15) is 17.6 Å². The second kappa shape index (κ2) is 14.1. The normalized spacial score (nSPS) is 26.7. The fourth-order valence-electron chi connectivity index (χ4n) is 7.32.